The summed E-state index contributed by atoms with van der Waals surface area (Å²) in [4.78, 5) is 18.4. The third kappa shape index (κ3) is 3.74. The first kappa shape index (κ1) is 18.2. The van der Waals surface area contributed by atoms with Gasteiger partial charge in [-0.2, -0.15) is 8.78 Å². The van der Waals surface area contributed by atoms with Crippen LogP contribution < -0.4 is 4.90 Å². The smallest absolute Gasteiger partial charge is 0.314 e. The van der Waals surface area contributed by atoms with Gasteiger partial charge in [0.25, 0.3) is 11.8 Å². The van der Waals surface area contributed by atoms with Gasteiger partial charge in [-0.25, -0.2) is 4.98 Å². The lowest BCUT2D eigenvalue weighted by Crippen LogP contribution is -2.51. The highest BCUT2D eigenvalue weighted by molar-refractivity contribution is 5.95. The molecule has 1 unspecified atom stereocenters. The van der Waals surface area contributed by atoms with Crippen molar-refractivity contribution in [3.8, 4) is 11.5 Å². The van der Waals surface area contributed by atoms with Crippen LogP contribution in [-0.4, -0.2) is 40.3 Å². The number of benzene rings is 1. The lowest BCUT2D eigenvalue weighted by atomic mass is 10.0. The molecule has 0 saturated carbocycles. The molecule has 0 aliphatic carbocycles. The van der Waals surface area contributed by atoms with Crippen molar-refractivity contribution in [1.82, 2.24) is 15.2 Å². The minimum absolute atomic E-state index is 0.0483. The quantitative estimate of drug-likeness (QED) is 0.670. The summed E-state index contributed by atoms with van der Waals surface area (Å²) in [5.74, 6) is -0.656. The standard InChI is InChI=1S/C19H16F2N4O3/c20-17(21)19-24-23-18(28-19)13-6-7-22-15(9-13)25-14(10-27-11-16(25)26)8-12-4-2-1-3-5-12/h1-7,9,14,17H,8,10-11H2. The topological polar surface area (TPSA) is 81.4 Å². The number of carbonyl (C=O) groups excluding carboxylic acids is 1. The Balaban J connectivity index is 1.64. The second-order valence-corrected chi connectivity index (χ2v) is 6.27. The van der Waals surface area contributed by atoms with Gasteiger partial charge in [0.2, 0.25) is 5.89 Å². The number of ether oxygens (including phenoxy) is 1. The largest absolute Gasteiger partial charge is 0.415 e. The number of carbonyl (C=O) groups is 1. The zero-order valence-corrected chi connectivity index (χ0v) is 14.7. The fourth-order valence-electron chi connectivity index (χ4n) is 3.10. The monoisotopic (exact) mass is 386 g/mol. The summed E-state index contributed by atoms with van der Waals surface area (Å²) in [6.45, 7) is 0.315. The average molecular weight is 386 g/mol. The molecule has 9 heteroatoms. The molecule has 3 aromatic rings. The fourth-order valence-corrected chi connectivity index (χ4v) is 3.10. The van der Waals surface area contributed by atoms with Gasteiger partial charge in [-0.3, -0.25) is 9.69 Å². The first-order valence-corrected chi connectivity index (χ1v) is 8.63. The van der Waals surface area contributed by atoms with Crippen LogP contribution in [0.5, 0.6) is 0 Å². The summed E-state index contributed by atoms with van der Waals surface area (Å²) < 4.78 is 35.8. The van der Waals surface area contributed by atoms with E-state index >= 15 is 0 Å². The van der Waals surface area contributed by atoms with Gasteiger partial charge >= 0.3 is 6.43 Å². The van der Waals surface area contributed by atoms with Crippen molar-refractivity contribution in [2.24, 2.45) is 0 Å². The van der Waals surface area contributed by atoms with Crippen LogP contribution in [0.25, 0.3) is 11.5 Å². The van der Waals surface area contributed by atoms with Crippen LogP contribution in [0, 0.1) is 0 Å². The van der Waals surface area contributed by atoms with E-state index < -0.39 is 12.3 Å². The molecule has 1 amide bonds. The Hall–Kier alpha value is -3.20. The molecule has 7 nitrogen and oxygen atoms in total. The molecule has 0 bridgehead atoms. The summed E-state index contributed by atoms with van der Waals surface area (Å²) >= 11 is 0. The zero-order valence-electron chi connectivity index (χ0n) is 14.7. The summed E-state index contributed by atoms with van der Waals surface area (Å²) in [7, 11) is 0. The third-order valence-electron chi connectivity index (χ3n) is 4.35. The zero-order chi connectivity index (χ0) is 19.5. The Kier molecular flexibility index (Phi) is 5.07. The number of morpholine rings is 1. The molecule has 144 valence electrons. The molecular formula is C19H16F2N4O3. The van der Waals surface area contributed by atoms with E-state index in [1.807, 2.05) is 30.3 Å². The number of rotatable bonds is 5. The SMILES string of the molecule is O=C1COCC(Cc2ccccc2)N1c1cc(-c2nnc(C(F)F)o2)ccn1. The van der Waals surface area contributed by atoms with E-state index in [2.05, 4.69) is 15.2 Å². The number of hydrogen-bond acceptors (Lipinski definition) is 6. The lowest BCUT2D eigenvalue weighted by Gasteiger charge is -2.34. The first-order valence-electron chi connectivity index (χ1n) is 8.63. The number of hydrogen-bond donors (Lipinski definition) is 0. The van der Waals surface area contributed by atoms with Crippen molar-refractivity contribution in [1.29, 1.82) is 0 Å². The number of aromatic nitrogens is 3. The molecule has 1 aliphatic rings. The molecule has 0 N–H and O–H groups in total. The molecule has 2 aromatic heterocycles. The van der Waals surface area contributed by atoms with Crippen molar-refractivity contribution in [2.75, 3.05) is 18.1 Å². The molecule has 3 heterocycles. The van der Waals surface area contributed by atoms with Crippen molar-refractivity contribution in [3.05, 3.63) is 60.1 Å². The van der Waals surface area contributed by atoms with E-state index in [0.717, 1.165) is 5.56 Å². The van der Waals surface area contributed by atoms with E-state index in [1.165, 1.54) is 6.20 Å². The predicted molar refractivity (Wildman–Crippen MR) is 94.7 cm³/mol. The molecule has 28 heavy (non-hydrogen) atoms. The Morgan fingerprint density at radius 1 is 1.18 bits per heavy atom. The lowest BCUT2D eigenvalue weighted by molar-refractivity contribution is -0.127. The number of nitrogens with zero attached hydrogens (tertiary/aromatic N) is 4. The Labute approximate surface area is 159 Å². The second-order valence-electron chi connectivity index (χ2n) is 6.27. The van der Waals surface area contributed by atoms with E-state index in [0.29, 0.717) is 24.4 Å². The number of alkyl halides is 2. The minimum atomic E-state index is -2.85. The van der Waals surface area contributed by atoms with Crippen LogP contribution in [0.1, 0.15) is 17.9 Å². The average Bonchev–Trinajstić information content (AvgIpc) is 3.20. The van der Waals surface area contributed by atoms with E-state index in [9.17, 15) is 13.6 Å². The Morgan fingerprint density at radius 3 is 2.75 bits per heavy atom. The van der Waals surface area contributed by atoms with Gasteiger partial charge in [-0.1, -0.05) is 30.3 Å². The first-order chi connectivity index (χ1) is 13.6. The number of pyridine rings is 1. The summed E-state index contributed by atoms with van der Waals surface area (Å²) in [5.41, 5.74) is 1.47. The number of halogens is 2. The van der Waals surface area contributed by atoms with E-state index in [4.69, 9.17) is 9.15 Å². The van der Waals surface area contributed by atoms with Crippen LogP contribution in [-0.2, 0) is 16.0 Å². The number of amides is 1. The molecule has 1 atom stereocenters. The summed E-state index contributed by atoms with van der Waals surface area (Å²) in [6, 6.07) is 12.6. The van der Waals surface area contributed by atoms with Gasteiger partial charge in [0.1, 0.15) is 12.4 Å². The van der Waals surface area contributed by atoms with Gasteiger partial charge in [0.05, 0.1) is 12.6 Å². The molecular weight excluding hydrogens is 370 g/mol. The maximum Gasteiger partial charge on any atom is 0.314 e. The molecule has 0 radical (unpaired) electrons. The highest BCUT2D eigenvalue weighted by atomic mass is 19.3. The van der Waals surface area contributed by atoms with Crippen LogP contribution in [0.2, 0.25) is 0 Å². The Bertz CT molecular complexity index is 965. The normalized spacial score (nSPS) is 17.3. The summed E-state index contributed by atoms with van der Waals surface area (Å²) in [6.07, 6.45) is -0.785. The molecule has 0 spiro atoms. The van der Waals surface area contributed by atoms with E-state index in [-0.39, 0.29) is 24.4 Å². The fraction of sp³-hybridized carbons (Fsp3) is 0.263. The molecule has 1 saturated heterocycles. The van der Waals surface area contributed by atoms with Crippen molar-refractivity contribution in [2.45, 2.75) is 18.9 Å². The molecule has 1 aromatic carbocycles. The van der Waals surface area contributed by atoms with Gasteiger partial charge in [-0.15, -0.1) is 10.2 Å². The molecule has 4 rings (SSSR count). The van der Waals surface area contributed by atoms with Crippen LogP contribution >= 0.6 is 0 Å². The predicted octanol–water partition coefficient (Wildman–Crippen LogP) is 3.04. The summed E-state index contributed by atoms with van der Waals surface area (Å²) in [5, 5.41) is 6.98. The second kappa shape index (κ2) is 7.81. The molecule has 1 fully saturated rings. The minimum Gasteiger partial charge on any atom is -0.415 e. The highest BCUT2D eigenvalue weighted by Gasteiger charge is 2.31. The van der Waals surface area contributed by atoms with Crippen molar-refractivity contribution < 1.29 is 22.7 Å². The van der Waals surface area contributed by atoms with Crippen LogP contribution in [0.4, 0.5) is 14.6 Å². The van der Waals surface area contributed by atoms with Crippen molar-refractivity contribution in [3.63, 3.8) is 0 Å². The Morgan fingerprint density at radius 2 is 2.00 bits per heavy atom. The van der Waals surface area contributed by atoms with Crippen LogP contribution in [0.3, 0.4) is 0 Å². The van der Waals surface area contributed by atoms with Crippen molar-refractivity contribution >= 4 is 11.7 Å². The van der Waals surface area contributed by atoms with Gasteiger partial charge in [0, 0.05) is 11.8 Å². The third-order valence-corrected chi connectivity index (χ3v) is 4.35. The van der Waals surface area contributed by atoms with Gasteiger partial charge in [-0.05, 0) is 24.1 Å². The number of anilines is 1. The van der Waals surface area contributed by atoms with Gasteiger partial charge in [0.15, 0.2) is 0 Å². The van der Waals surface area contributed by atoms with Crippen LogP contribution in [0.15, 0.2) is 53.1 Å². The van der Waals surface area contributed by atoms with E-state index in [1.54, 1.807) is 17.0 Å². The maximum absolute atomic E-state index is 12.7. The van der Waals surface area contributed by atoms with Gasteiger partial charge < -0.3 is 9.15 Å². The molecule has 1 aliphatic heterocycles. The maximum atomic E-state index is 12.7. The highest BCUT2D eigenvalue weighted by Crippen LogP contribution is 2.27.